The predicted octanol–water partition coefficient (Wildman–Crippen LogP) is 1.69. The van der Waals surface area contributed by atoms with Gasteiger partial charge in [0.1, 0.15) is 0 Å². The second kappa shape index (κ2) is 3.25. The zero-order valence-corrected chi connectivity index (χ0v) is 5.22. The lowest BCUT2D eigenvalue weighted by molar-refractivity contribution is 0.149. The molecule has 3 heteroatoms. The number of nitrogens with zero attached hydrogens (tertiary/aromatic N) is 1. The summed E-state index contributed by atoms with van der Waals surface area (Å²) in [6.45, 7) is 0. The molecule has 1 rings (SSSR count). The van der Waals surface area contributed by atoms with Crippen molar-refractivity contribution in [3.63, 3.8) is 0 Å². The summed E-state index contributed by atoms with van der Waals surface area (Å²) in [6.07, 6.45) is 1.40. The Balaban J connectivity index is 2.59. The van der Waals surface area contributed by atoms with E-state index in [0.29, 0.717) is 5.56 Å². The molecule has 0 aliphatic carbocycles. The van der Waals surface area contributed by atoms with E-state index >= 15 is 0 Å². The molecule has 0 saturated heterocycles. The molecule has 1 radical (unpaired) electrons. The number of hydrogen-bond acceptors (Lipinski definition) is 1. The quantitative estimate of drug-likeness (QED) is 0.612. The maximum atomic E-state index is 11.7. The van der Waals surface area contributed by atoms with E-state index in [1.165, 1.54) is 12.3 Å². The van der Waals surface area contributed by atoms with E-state index in [1.807, 2.05) is 0 Å². The first-order chi connectivity index (χ1) is 4.79. The van der Waals surface area contributed by atoms with Gasteiger partial charge in [0, 0.05) is 12.6 Å². The van der Waals surface area contributed by atoms with E-state index in [0.717, 1.165) is 0 Å². The molecule has 0 atom stereocenters. The molecule has 0 aliphatic rings. The predicted molar refractivity (Wildman–Crippen MR) is 32.8 cm³/mol. The van der Waals surface area contributed by atoms with Crippen LogP contribution >= 0.6 is 0 Å². The Hall–Kier alpha value is -0.990. The van der Waals surface area contributed by atoms with Crippen molar-refractivity contribution in [2.24, 2.45) is 0 Å². The molecular formula is C7H6F2N. The van der Waals surface area contributed by atoms with Gasteiger partial charge in [-0.1, -0.05) is 6.07 Å². The molecule has 1 heterocycles. The van der Waals surface area contributed by atoms with Gasteiger partial charge >= 0.3 is 0 Å². The molecule has 0 aliphatic heterocycles. The average molecular weight is 142 g/mol. The number of pyridine rings is 1. The number of aromatic nitrogens is 1. The number of rotatable bonds is 2. The van der Waals surface area contributed by atoms with E-state index < -0.39 is 6.43 Å². The van der Waals surface area contributed by atoms with Crippen molar-refractivity contribution in [3.8, 4) is 0 Å². The lowest BCUT2D eigenvalue weighted by Crippen LogP contribution is -1.96. The maximum absolute atomic E-state index is 11.7. The highest BCUT2D eigenvalue weighted by atomic mass is 19.3. The minimum Gasteiger partial charge on any atom is -0.254 e. The minimum atomic E-state index is -2.29. The molecular weight excluding hydrogens is 136 g/mol. The van der Waals surface area contributed by atoms with Gasteiger partial charge in [-0.2, -0.15) is 0 Å². The summed E-state index contributed by atoms with van der Waals surface area (Å²) < 4.78 is 23.4. The van der Waals surface area contributed by atoms with Crippen molar-refractivity contribution in [1.82, 2.24) is 4.98 Å². The fraction of sp³-hybridized carbons (Fsp3) is 0.286. The number of hydrogen-bond donors (Lipinski definition) is 0. The summed E-state index contributed by atoms with van der Waals surface area (Å²) in [5.74, 6) is 0. The molecule has 0 bridgehead atoms. The van der Waals surface area contributed by atoms with Crippen molar-refractivity contribution in [1.29, 1.82) is 0 Å². The largest absolute Gasteiger partial charge is 0.254 e. The van der Waals surface area contributed by atoms with E-state index in [9.17, 15) is 8.78 Å². The van der Waals surface area contributed by atoms with Crippen molar-refractivity contribution in [3.05, 3.63) is 30.1 Å². The van der Waals surface area contributed by atoms with Crippen molar-refractivity contribution in [2.45, 2.75) is 12.8 Å². The Bertz CT molecular complexity index is 186. The average Bonchev–Trinajstić information content (AvgIpc) is 1.88. The van der Waals surface area contributed by atoms with Crippen LogP contribution in [-0.2, 0) is 6.42 Å². The van der Waals surface area contributed by atoms with Gasteiger partial charge in [-0.15, -0.1) is 0 Å². The standard InChI is InChI=1S/C7H6F2N/c8-7(9)4-6-2-1-3-10-5-6/h1-2,5,7H,4H2. The lowest BCUT2D eigenvalue weighted by atomic mass is 10.2. The minimum absolute atomic E-state index is 0.221. The fourth-order valence-electron chi connectivity index (χ4n) is 0.649. The summed E-state index contributed by atoms with van der Waals surface area (Å²) in [4.78, 5) is 3.58. The Morgan fingerprint density at radius 2 is 2.40 bits per heavy atom. The summed E-state index contributed by atoms with van der Waals surface area (Å²) in [5.41, 5.74) is 0.550. The van der Waals surface area contributed by atoms with Crippen LogP contribution in [0.1, 0.15) is 5.56 Å². The smallest absolute Gasteiger partial charge is 0.242 e. The van der Waals surface area contributed by atoms with Gasteiger partial charge in [0.2, 0.25) is 6.43 Å². The molecule has 0 spiro atoms. The molecule has 10 heavy (non-hydrogen) atoms. The molecule has 0 unspecified atom stereocenters. The zero-order valence-electron chi connectivity index (χ0n) is 5.22. The van der Waals surface area contributed by atoms with Gasteiger partial charge in [-0.25, -0.2) is 8.78 Å². The lowest BCUT2D eigenvalue weighted by Gasteiger charge is -1.96. The first kappa shape index (κ1) is 7.12. The van der Waals surface area contributed by atoms with Crippen LogP contribution in [0.25, 0.3) is 0 Å². The molecule has 0 N–H and O–H groups in total. The van der Waals surface area contributed by atoms with Gasteiger partial charge < -0.3 is 0 Å². The molecule has 1 aromatic rings. The topological polar surface area (TPSA) is 12.9 Å². The van der Waals surface area contributed by atoms with E-state index in [-0.39, 0.29) is 6.42 Å². The third-order valence-corrected chi connectivity index (χ3v) is 1.07. The monoisotopic (exact) mass is 142 g/mol. The first-order valence-electron chi connectivity index (χ1n) is 2.88. The molecule has 1 nitrogen and oxygen atoms in total. The van der Waals surface area contributed by atoms with Crippen molar-refractivity contribution < 1.29 is 8.78 Å². The van der Waals surface area contributed by atoms with Gasteiger partial charge in [-0.05, 0) is 11.6 Å². The first-order valence-corrected chi connectivity index (χ1v) is 2.88. The normalized spacial score (nSPS) is 10.3. The number of halogens is 2. The van der Waals surface area contributed by atoms with Crippen LogP contribution in [0.4, 0.5) is 8.78 Å². The third-order valence-electron chi connectivity index (χ3n) is 1.07. The van der Waals surface area contributed by atoms with E-state index in [2.05, 4.69) is 11.2 Å². The fourth-order valence-corrected chi connectivity index (χ4v) is 0.649. The SMILES string of the molecule is FC(F)Cc1cc[c]nc1. The second-order valence-electron chi connectivity index (χ2n) is 1.89. The summed E-state index contributed by atoms with van der Waals surface area (Å²) in [5, 5.41) is 0. The zero-order chi connectivity index (χ0) is 7.40. The van der Waals surface area contributed by atoms with Crippen LogP contribution in [0.2, 0.25) is 0 Å². The molecule has 0 fully saturated rings. The summed E-state index contributed by atoms with van der Waals surface area (Å²) >= 11 is 0. The Labute approximate surface area is 57.7 Å². The van der Waals surface area contributed by atoms with Crippen LogP contribution in [-0.4, -0.2) is 11.4 Å². The highest BCUT2D eigenvalue weighted by molar-refractivity contribution is 5.08. The molecule has 0 aromatic carbocycles. The Kier molecular flexibility index (Phi) is 2.31. The molecule has 0 saturated carbocycles. The molecule has 53 valence electrons. The van der Waals surface area contributed by atoms with Gasteiger partial charge in [0.25, 0.3) is 0 Å². The Morgan fingerprint density at radius 3 is 2.90 bits per heavy atom. The van der Waals surface area contributed by atoms with E-state index in [4.69, 9.17) is 0 Å². The highest BCUT2D eigenvalue weighted by Crippen LogP contribution is 2.03. The third kappa shape index (κ3) is 2.09. The van der Waals surface area contributed by atoms with Gasteiger partial charge in [-0.3, -0.25) is 4.98 Å². The van der Waals surface area contributed by atoms with Crippen LogP contribution in [0.5, 0.6) is 0 Å². The molecule has 1 aromatic heterocycles. The van der Waals surface area contributed by atoms with Crippen molar-refractivity contribution in [2.75, 3.05) is 0 Å². The van der Waals surface area contributed by atoms with Crippen LogP contribution in [0, 0.1) is 6.20 Å². The van der Waals surface area contributed by atoms with Gasteiger partial charge in [0.05, 0.1) is 6.20 Å². The second-order valence-corrected chi connectivity index (χ2v) is 1.89. The van der Waals surface area contributed by atoms with E-state index in [1.54, 1.807) is 6.07 Å². The highest BCUT2D eigenvalue weighted by Gasteiger charge is 2.02. The van der Waals surface area contributed by atoms with Crippen molar-refractivity contribution >= 4 is 0 Å². The maximum Gasteiger partial charge on any atom is 0.242 e. The van der Waals surface area contributed by atoms with Crippen LogP contribution < -0.4 is 0 Å². The number of alkyl halides is 2. The van der Waals surface area contributed by atoms with Gasteiger partial charge in [0.15, 0.2) is 0 Å². The Morgan fingerprint density at radius 1 is 1.60 bits per heavy atom. The van der Waals surface area contributed by atoms with Crippen LogP contribution in [0.3, 0.4) is 0 Å². The summed E-state index contributed by atoms with van der Waals surface area (Å²) in [7, 11) is 0. The summed E-state index contributed by atoms with van der Waals surface area (Å²) in [6, 6.07) is 3.11. The molecule has 0 amide bonds. The van der Waals surface area contributed by atoms with Crippen LogP contribution in [0.15, 0.2) is 18.3 Å².